The van der Waals surface area contributed by atoms with Crippen molar-refractivity contribution < 1.29 is 9.57 Å². The Morgan fingerprint density at radius 2 is 1.46 bits per heavy atom. The molecule has 0 spiro atoms. The molecule has 3 nitrogen and oxygen atoms in total. The van der Waals surface area contributed by atoms with Crippen LogP contribution in [-0.4, -0.2) is 13.3 Å². The molecule has 0 aliphatic heterocycles. The van der Waals surface area contributed by atoms with E-state index < -0.39 is 0 Å². The van der Waals surface area contributed by atoms with Gasteiger partial charge >= 0.3 is 0 Å². The molecule has 0 heterocycles. The summed E-state index contributed by atoms with van der Waals surface area (Å²) in [6.45, 7) is 0.400. The van der Waals surface area contributed by atoms with Crippen molar-refractivity contribution in [3.63, 3.8) is 0 Å². The van der Waals surface area contributed by atoms with E-state index in [4.69, 9.17) is 9.57 Å². The molecule has 3 rings (SSSR count). The van der Waals surface area contributed by atoms with Gasteiger partial charge in [0.15, 0.2) is 0 Å². The second-order valence-electron chi connectivity index (χ2n) is 5.24. The van der Waals surface area contributed by atoms with Crippen molar-refractivity contribution in [1.29, 1.82) is 0 Å². The lowest BCUT2D eigenvalue weighted by Gasteiger charge is -2.04. The Morgan fingerprint density at radius 3 is 2.21 bits per heavy atom. The third-order valence-electron chi connectivity index (χ3n) is 3.63. The minimum Gasteiger partial charge on any atom is -0.496 e. The molecule has 0 N–H and O–H groups in total. The number of nitrogens with zero attached hydrogens (tertiary/aromatic N) is 1. The molecular weight excluding hydrogens is 298 g/mol. The molecule has 24 heavy (non-hydrogen) atoms. The van der Waals surface area contributed by atoms with Gasteiger partial charge in [0.1, 0.15) is 18.6 Å². The maximum Gasteiger partial charge on any atom is 0.143 e. The Hall–Kier alpha value is -3.07. The van der Waals surface area contributed by atoms with Gasteiger partial charge in [-0.05, 0) is 28.8 Å². The van der Waals surface area contributed by atoms with Gasteiger partial charge in [0, 0.05) is 5.56 Å². The summed E-state index contributed by atoms with van der Waals surface area (Å²) in [4.78, 5) is 5.33. The number of para-hydroxylation sites is 1. The molecular formula is C21H18NO2. The Bertz CT molecular complexity index is 796. The van der Waals surface area contributed by atoms with Gasteiger partial charge in [-0.3, -0.25) is 0 Å². The van der Waals surface area contributed by atoms with Gasteiger partial charge in [0.2, 0.25) is 0 Å². The standard InChI is InChI=1S/C21H18NO2/c1-23-21-10-6-5-9-20(21)15-22-24-16-17-11-13-19(14-12-17)18-7-3-2-4-8-18/h2-14H,16H2,1H3. The van der Waals surface area contributed by atoms with E-state index in [0.29, 0.717) is 6.61 Å². The highest BCUT2D eigenvalue weighted by atomic mass is 16.6. The lowest BCUT2D eigenvalue weighted by Crippen LogP contribution is -1.92. The van der Waals surface area contributed by atoms with Crippen molar-refractivity contribution >= 4 is 6.21 Å². The summed E-state index contributed by atoms with van der Waals surface area (Å²) in [5.41, 5.74) is 4.20. The topological polar surface area (TPSA) is 30.8 Å². The van der Waals surface area contributed by atoms with E-state index in [2.05, 4.69) is 35.6 Å². The zero-order chi connectivity index (χ0) is 16.6. The van der Waals surface area contributed by atoms with Gasteiger partial charge in [-0.2, -0.15) is 0 Å². The van der Waals surface area contributed by atoms with Crippen molar-refractivity contribution in [3.05, 3.63) is 90.0 Å². The maximum atomic E-state index is 5.33. The number of methoxy groups -OCH3 is 1. The van der Waals surface area contributed by atoms with E-state index >= 15 is 0 Å². The quantitative estimate of drug-likeness (QED) is 0.483. The van der Waals surface area contributed by atoms with Crippen LogP contribution in [0.3, 0.4) is 0 Å². The molecule has 119 valence electrons. The van der Waals surface area contributed by atoms with E-state index in [1.54, 1.807) is 7.11 Å². The van der Waals surface area contributed by atoms with Crippen LogP contribution in [0.1, 0.15) is 11.1 Å². The molecule has 0 fully saturated rings. The second-order valence-corrected chi connectivity index (χ2v) is 5.24. The maximum absolute atomic E-state index is 5.33. The average Bonchev–Trinajstić information content (AvgIpc) is 2.67. The molecule has 3 aromatic rings. The first kappa shape index (κ1) is 15.8. The van der Waals surface area contributed by atoms with Gasteiger partial charge in [-0.1, -0.05) is 71.9 Å². The summed E-state index contributed by atoms with van der Waals surface area (Å²) in [5.74, 6) is 0.720. The largest absolute Gasteiger partial charge is 0.496 e. The van der Waals surface area contributed by atoms with Crippen LogP contribution in [0.15, 0.2) is 84.0 Å². The minimum absolute atomic E-state index is 0.400. The number of benzene rings is 3. The fourth-order valence-electron chi connectivity index (χ4n) is 2.35. The number of rotatable bonds is 6. The first-order valence-corrected chi connectivity index (χ1v) is 7.72. The summed E-state index contributed by atoms with van der Waals surface area (Å²) in [5, 5.41) is 3.90. The van der Waals surface area contributed by atoms with Crippen molar-refractivity contribution in [3.8, 4) is 16.9 Å². The molecule has 0 saturated heterocycles. The molecule has 0 amide bonds. The Balaban J connectivity index is 1.58. The van der Waals surface area contributed by atoms with Gasteiger partial charge in [0.05, 0.1) is 7.11 Å². The highest BCUT2D eigenvalue weighted by Gasteiger charge is 2.00. The van der Waals surface area contributed by atoms with E-state index in [-0.39, 0.29) is 0 Å². The second kappa shape index (κ2) is 7.97. The summed E-state index contributed by atoms with van der Waals surface area (Å²) in [7, 11) is 1.62. The normalized spacial score (nSPS) is 10.7. The van der Waals surface area contributed by atoms with Crippen LogP contribution in [-0.2, 0) is 11.4 Å². The zero-order valence-corrected chi connectivity index (χ0v) is 13.5. The van der Waals surface area contributed by atoms with Crippen molar-refractivity contribution in [2.24, 2.45) is 5.16 Å². The molecule has 0 saturated carbocycles. The van der Waals surface area contributed by atoms with Crippen LogP contribution in [0.2, 0.25) is 0 Å². The molecule has 0 atom stereocenters. The molecule has 3 aromatic carbocycles. The fourth-order valence-corrected chi connectivity index (χ4v) is 2.35. The highest BCUT2D eigenvalue weighted by molar-refractivity contribution is 5.83. The molecule has 3 heteroatoms. The van der Waals surface area contributed by atoms with Crippen LogP contribution in [0.25, 0.3) is 11.1 Å². The third-order valence-corrected chi connectivity index (χ3v) is 3.63. The van der Waals surface area contributed by atoms with Gasteiger partial charge in [-0.15, -0.1) is 0 Å². The van der Waals surface area contributed by atoms with Crippen LogP contribution in [0.4, 0.5) is 0 Å². The summed E-state index contributed by atoms with van der Waals surface area (Å²) in [6.07, 6.45) is 2.85. The molecule has 1 radical (unpaired) electrons. The summed E-state index contributed by atoms with van der Waals surface area (Å²) in [6, 6.07) is 26.1. The zero-order valence-electron chi connectivity index (χ0n) is 13.5. The lowest BCUT2D eigenvalue weighted by atomic mass is 10.0. The first-order valence-electron chi connectivity index (χ1n) is 7.72. The summed E-state index contributed by atoms with van der Waals surface area (Å²) >= 11 is 0. The molecule has 0 unspecified atom stereocenters. The number of ether oxygens (including phenoxy) is 1. The predicted octanol–water partition coefficient (Wildman–Crippen LogP) is 4.79. The smallest absolute Gasteiger partial charge is 0.143 e. The van der Waals surface area contributed by atoms with Crippen molar-refractivity contribution in [1.82, 2.24) is 0 Å². The Kier molecular flexibility index (Phi) is 5.25. The number of hydrogen-bond acceptors (Lipinski definition) is 3. The lowest BCUT2D eigenvalue weighted by molar-refractivity contribution is 0.132. The van der Waals surface area contributed by atoms with Gasteiger partial charge in [0.25, 0.3) is 0 Å². The van der Waals surface area contributed by atoms with E-state index in [0.717, 1.165) is 16.9 Å². The first-order chi connectivity index (χ1) is 11.9. The van der Waals surface area contributed by atoms with Gasteiger partial charge in [-0.25, -0.2) is 0 Å². The van der Waals surface area contributed by atoms with Crippen molar-refractivity contribution in [2.45, 2.75) is 6.61 Å². The fraction of sp³-hybridized carbons (Fsp3) is 0.0952. The van der Waals surface area contributed by atoms with Crippen LogP contribution in [0, 0.1) is 0 Å². The Morgan fingerprint density at radius 1 is 0.792 bits per heavy atom. The minimum atomic E-state index is 0.400. The van der Waals surface area contributed by atoms with Crippen LogP contribution >= 0.6 is 0 Å². The Labute approximate surface area is 142 Å². The van der Waals surface area contributed by atoms with Gasteiger partial charge < -0.3 is 9.57 Å². The predicted molar refractivity (Wildman–Crippen MR) is 96.2 cm³/mol. The van der Waals surface area contributed by atoms with Crippen LogP contribution < -0.4 is 4.74 Å². The molecule has 0 aliphatic rings. The average molecular weight is 316 g/mol. The van der Waals surface area contributed by atoms with E-state index in [9.17, 15) is 0 Å². The molecule has 0 bridgehead atoms. The molecule has 0 aromatic heterocycles. The van der Waals surface area contributed by atoms with E-state index in [1.807, 2.05) is 54.6 Å². The van der Waals surface area contributed by atoms with Crippen molar-refractivity contribution in [2.75, 3.05) is 7.11 Å². The third kappa shape index (κ3) is 4.02. The molecule has 0 aliphatic carbocycles. The number of hydrogen-bond donors (Lipinski definition) is 0. The van der Waals surface area contributed by atoms with Crippen LogP contribution in [0.5, 0.6) is 5.75 Å². The monoisotopic (exact) mass is 316 g/mol. The van der Waals surface area contributed by atoms with E-state index in [1.165, 1.54) is 11.1 Å². The SMILES string of the molecule is COc1ccccc1/[C]=N\OCc1ccc(-c2ccccc2)cc1. The highest BCUT2D eigenvalue weighted by Crippen LogP contribution is 2.19. The summed E-state index contributed by atoms with van der Waals surface area (Å²) < 4.78 is 5.24.